The number of carbonyl (C=O) groups is 1. The monoisotopic (exact) mass is 368 g/mol. The topological polar surface area (TPSA) is 66.6 Å². The molecule has 1 aliphatic heterocycles. The molecule has 2 aromatic carbocycles. The zero-order valence-corrected chi connectivity index (χ0v) is 15.7. The smallest absolute Gasteiger partial charge is 0.323 e. The van der Waals surface area contributed by atoms with Crippen molar-refractivity contribution in [2.24, 2.45) is 5.73 Å². The van der Waals surface area contributed by atoms with E-state index in [0.29, 0.717) is 12.5 Å². The third kappa shape index (κ3) is 4.76. The summed E-state index contributed by atoms with van der Waals surface area (Å²) in [5.74, 6) is 0.0576. The van der Waals surface area contributed by atoms with E-state index in [2.05, 4.69) is 12.1 Å². The van der Waals surface area contributed by atoms with Gasteiger partial charge < -0.3 is 15.7 Å². The average molecular weight is 368 g/mol. The molecule has 0 aliphatic carbocycles. The molecule has 2 aromatic rings. The van der Waals surface area contributed by atoms with E-state index in [1.165, 1.54) is 18.5 Å². The number of hydrogen-bond donors (Lipinski definition) is 2. The SMILES string of the molecule is CB(O)c1cc(CC(=O)N2CCC(c3cccc(CN)c3)CC2)ccc1F. The maximum Gasteiger partial charge on any atom is 0.323 e. The minimum absolute atomic E-state index is 0.0484. The van der Waals surface area contributed by atoms with Crippen LogP contribution in [0, 0.1) is 5.82 Å². The lowest BCUT2D eigenvalue weighted by atomic mass is 9.64. The first-order chi connectivity index (χ1) is 13.0. The number of piperidine rings is 1. The minimum atomic E-state index is -0.889. The van der Waals surface area contributed by atoms with Gasteiger partial charge in [0.05, 0.1) is 6.42 Å². The van der Waals surface area contributed by atoms with Gasteiger partial charge in [0.2, 0.25) is 5.91 Å². The fraction of sp³-hybridized carbons (Fsp3) is 0.381. The molecule has 1 heterocycles. The maximum absolute atomic E-state index is 13.7. The van der Waals surface area contributed by atoms with E-state index in [0.717, 1.165) is 37.1 Å². The van der Waals surface area contributed by atoms with Gasteiger partial charge in [0, 0.05) is 19.6 Å². The van der Waals surface area contributed by atoms with Crippen LogP contribution >= 0.6 is 0 Å². The lowest BCUT2D eigenvalue weighted by Crippen LogP contribution is -2.39. The fourth-order valence-corrected chi connectivity index (χ4v) is 3.75. The number of rotatable bonds is 5. The van der Waals surface area contributed by atoms with E-state index in [1.54, 1.807) is 12.1 Å². The zero-order chi connectivity index (χ0) is 19.4. The van der Waals surface area contributed by atoms with Crippen molar-refractivity contribution in [3.63, 3.8) is 0 Å². The van der Waals surface area contributed by atoms with Crippen LogP contribution in [0.5, 0.6) is 0 Å². The van der Waals surface area contributed by atoms with E-state index >= 15 is 0 Å². The molecule has 6 heteroatoms. The van der Waals surface area contributed by atoms with Gasteiger partial charge in [0.1, 0.15) is 5.82 Å². The lowest BCUT2D eigenvalue weighted by Gasteiger charge is -2.32. The van der Waals surface area contributed by atoms with Crippen LogP contribution in [0.1, 0.15) is 35.4 Å². The van der Waals surface area contributed by atoms with Crippen LogP contribution in [0.25, 0.3) is 0 Å². The van der Waals surface area contributed by atoms with Crippen LogP contribution in [0.2, 0.25) is 6.82 Å². The summed E-state index contributed by atoms with van der Waals surface area (Å²) in [7, 11) is 0. The Hall–Kier alpha value is -2.18. The summed E-state index contributed by atoms with van der Waals surface area (Å²) >= 11 is 0. The number of amides is 1. The van der Waals surface area contributed by atoms with Gasteiger partial charge in [-0.1, -0.05) is 43.2 Å². The molecular weight excluding hydrogens is 342 g/mol. The summed E-state index contributed by atoms with van der Waals surface area (Å²) in [5.41, 5.74) is 9.13. The summed E-state index contributed by atoms with van der Waals surface area (Å²) in [6, 6.07) is 12.9. The Kier molecular flexibility index (Phi) is 6.29. The van der Waals surface area contributed by atoms with Crippen LogP contribution in [0.3, 0.4) is 0 Å². The number of likely N-dealkylation sites (tertiary alicyclic amines) is 1. The quantitative estimate of drug-likeness (QED) is 0.794. The first-order valence-corrected chi connectivity index (χ1v) is 9.51. The lowest BCUT2D eigenvalue weighted by molar-refractivity contribution is -0.131. The zero-order valence-electron chi connectivity index (χ0n) is 15.7. The van der Waals surface area contributed by atoms with E-state index in [1.807, 2.05) is 17.0 Å². The Bertz CT molecular complexity index is 805. The van der Waals surface area contributed by atoms with E-state index in [-0.39, 0.29) is 17.8 Å². The highest BCUT2D eigenvalue weighted by Gasteiger charge is 2.24. The molecule has 0 spiro atoms. The Labute approximate surface area is 160 Å². The Morgan fingerprint density at radius 1 is 1.22 bits per heavy atom. The summed E-state index contributed by atoms with van der Waals surface area (Å²) in [6.45, 7) is 2.62. The molecule has 1 fully saturated rings. The second kappa shape index (κ2) is 8.68. The summed E-state index contributed by atoms with van der Waals surface area (Å²) < 4.78 is 13.7. The molecule has 1 amide bonds. The van der Waals surface area contributed by atoms with Crippen molar-refractivity contribution in [3.8, 4) is 0 Å². The summed E-state index contributed by atoms with van der Waals surface area (Å²) in [5, 5.41) is 9.64. The van der Waals surface area contributed by atoms with Gasteiger partial charge in [-0.15, -0.1) is 0 Å². The summed E-state index contributed by atoms with van der Waals surface area (Å²) in [4.78, 5) is 14.5. The second-order valence-corrected chi connectivity index (χ2v) is 7.31. The van der Waals surface area contributed by atoms with Gasteiger partial charge in [-0.2, -0.15) is 0 Å². The van der Waals surface area contributed by atoms with Crippen molar-refractivity contribution in [2.75, 3.05) is 13.1 Å². The standard InChI is InChI=1S/C21H26BFN2O2/c1-22(27)19-12-15(5-6-20(19)23)13-21(26)25-9-7-17(8-10-25)18-4-2-3-16(11-18)14-24/h2-6,11-12,17,27H,7-10,13-14,24H2,1H3. The summed E-state index contributed by atoms with van der Waals surface area (Å²) in [6.07, 6.45) is 2.09. The molecule has 4 nitrogen and oxygen atoms in total. The molecule has 1 saturated heterocycles. The highest BCUT2D eigenvalue weighted by molar-refractivity contribution is 6.64. The van der Waals surface area contributed by atoms with Crippen LogP contribution in [-0.2, 0) is 17.8 Å². The molecule has 0 unspecified atom stereocenters. The number of nitrogens with two attached hydrogens (primary N) is 1. The van der Waals surface area contributed by atoms with Gasteiger partial charge in [-0.05, 0) is 47.0 Å². The first-order valence-electron chi connectivity index (χ1n) is 9.51. The molecule has 0 radical (unpaired) electrons. The Morgan fingerprint density at radius 3 is 2.63 bits per heavy atom. The molecule has 142 valence electrons. The molecule has 0 atom stereocenters. The van der Waals surface area contributed by atoms with Crippen LogP contribution in [0.4, 0.5) is 4.39 Å². The van der Waals surface area contributed by atoms with Gasteiger partial charge in [-0.25, -0.2) is 4.39 Å². The third-order valence-corrected chi connectivity index (χ3v) is 5.37. The Morgan fingerprint density at radius 2 is 1.96 bits per heavy atom. The molecule has 3 rings (SSSR count). The predicted octanol–water partition coefficient (Wildman–Crippen LogP) is 2.05. The van der Waals surface area contributed by atoms with E-state index < -0.39 is 12.7 Å². The van der Waals surface area contributed by atoms with Gasteiger partial charge in [-0.3, -0.25) is 4.79 Å². The van der Waals surface area contributed by atoms with Crippen molar-refractivity contribution < 1.29 is 14.2 Å². The number of benzene rings is 2. The fourth-order valence-electron chi connectivity index (χ4n) is 3.75. The molecule has 3 N–H and O–H groups in total. The second-order valence-electron chi connectivity index (χ2n) is 7.31. The van der Waals surface area contributed by atoms with Crippen molar-refractivity contribution in [2.45, 2.75) is 38.5 Å². The first kappa shape index (κ1) is 19.6. The van der Waals surface area contributed by atoms with E-state index in [9.17, 15) is 14.2 Å². The molecule has 1 aliphatic rings. The number of nitrogens with zero attached hydrogens (tertiary/aromatic N) is 1. The van der Waals surface area contributed by atoms with Crippen molar-refractivity contribution >= 4 is 18.3 Å². The number of hydrogen-bond acceptors (Lipinski definition) is 3. The number of carbonyl (C=O) groups excluding carboxylic acids is 1. The normalized spacial score (nSPS) is 15.0. The van der Waals surface area contributed by atoms with Gasteiger partial charge >= 0.3 is 6.92 Å². The van der Waals surface area contributed by atoms with Gasteiger partial charge in [0.15, 0.2) is 0 Å². The largest absolute Gasteiger partial charge is 0.446 e. The van der Waals surface area contributed by atoms with Gasteiger partial charge in [0.25, 0.3) is 0 Å². The van der Waals surface area contributed by atoms with Crippen molar-refractivity contribution in [3.05, 3.63) is 65.0 Å². The molecular formula is C21H26BFN2O2. The van der Waals surface area contributed by atoms with Crippen molar-refractivity contribution in [1.82, 2.24) is 4.90 Å². The molecule has 27 heavy (non-hydrogen) atoms. The predicted molar refractivity (Wildman–Crippen MR) is 106 cm³/mol. The molecule has 0 bridgehead atoms. The van der Waals surface area contributed by atoms with Crippen molar-refractivity contribution in [1.29, 1.82) is 0 Å². The third-order valence-electron chi connectivity index (χ3n) is 5.37. The molecule has 0 aromatic heterocycles. The van der Waals surface area contributed by atoms with Crippen LogP contribution < -0.4 is 11.2 Å². The Balaban J connectivity index is 1.59. The number of halogens is 1. The van der Waals surface area contributed by atoms with Crippen LogP contribution in [-0.4, -0.2) is 35.8 Å². The van der Waals surface area contributed by atoms with Crippen LogP contribution in [0.15, 0.2) is 42.5 Å². The highest BCUT2D eigenvalue weighted by atomic mass is 19.1. The van der Waals surface area contributed by atoms with E-state index in [4.69, 9.17) is 5.73 Å². The highest BCUT2D eigenvalue weighted by Crippen LogP contribution is 2.28. The minimum Gasteiger partial charge on any atom is -0.446 e. The maximum atomic E-state index is 13.7. The molecule has 0 saturated carbocycles. The average Bonchev–Trinajstić information content (AvgIpc) is 2.69.